The van der Waals surface area contributed by atoms with Crippen molar-refractivity contribution in [3.05, 3.63) is 17.1 Å². The number of hydrazine groups is 1. The largest absolute Gasteiger partial charge is 0.279 e. The van der Waals surface area contributed by atoms with Gasteiger partial charge in [-0.1, -0.05) is 0 Å². The summed E-state index contributed by atoms with van der Waals surface area (Å²) >= 11 is 11.3. The molecule has 11 heavy (non-hydrogen) atoms. The summed E-state index contributed by atoms with van der Waals surface area (Å²) in [6.45, 7) is 0. The van der Waals surface area contributed by atoms with Crippen molar-refractivity contribution in [1.82, 2.24) is 13.8 Å². The van der Waals surface area contributed by atoms with Crippen molar-refractivity contribution in [2.24, 2.45) is 0 Å². The van der Waals surface area contributed by atoms with Crippen LogP contribution < -0.4 is 5.43 Å². The zero-order chi connectivity index (χ0) is 8.27. The minimum absolute atomic E-state index is 0.377. The number of nitrogens with zero attached hydrogens (tertiary/aromatic N) is 2. The molecule has 1 N–H and O–H groups in total. The van der Waals surface area contributed by atoms with Gasteiger partial charge in [-0.15, -0.1) is 0 Å². The molecule has 0 aliphatic heterocycles. The Morgan fingerprint density at radius 2 is 2.45 bits per heavy atom. The number of aromatic nitrogens is 1. The molecule has 0 fully saturated rings. The van der Waals surface area contributed by atoms with E-state index in [1.165, 1.54) is 6.20 Å². The molecule has 7 heteroatoms. The van der Waals surface area contributed by atoms with Gasteiger partial charge in [0.25, 0.3) is 5.91 Å². The van der Waals surface area contributed by atoms with Crippen molar-refractivity contribution in [2.45, 2.75) is 0 Å². The van der Waals surface area contributed by atoms with Gasteiger partial charge in [-0.3, -0.25) is 10.2 Å². The van der Waals surface area contributed by atoms with Crippen LogP contribution in [0.25, 0.3) is 0 Å². The Bertz CT molecular complexity index is 237. The van der Waals surface area contributed by atoms with Gasteiger partial charge in [0, 0.05) is 29.8 Å². The quantitative estimate of drug-likeness (QED) is 0.595. The maximum absolute atomic E-state index is 11.0. The SMILES string of the molecule is O=C(NN(Cl)Cl)c1ccns1. The zero-order valence-corrected chi connectivity index (χ0v) is 7.45. The van der Waals surface area contributed by atoms with Crippen LogP contribution in [0.3, 0.4) is 0 Å². The summed E-state index contributed by atoms with van der Waals surface area (Å²) in [6, 6.07) is 1.57. The van der Waals surface area contributed by atoms with Crippen LogP contribution in [0.4, 0.5) is 0 Å². The fourth-order valence-electron chi connectivity index (χ4n) is 0.465. The summed E-state index contributed by atoms with van der Waals surface area (Å²) in [5.41, 5.74) is 2.14. The van der Waals surface area contributed by atoms with Crippen LogP contribution in [0.15, 0.2) is 12.3 Å². The number of carbonyl (C=O) groups excluding carboxylic acids is 1. The van der Waals surface area contributed by atoms with E-state index in [2.05, 4.69) is 9.80 Å². The van der Waals surface area contributed by atoms with Gasteiger partial charge < -0.3 is 0 Å². The second-order valence-corrected chi connectivity index (χ2v) is 3.23. The first-order valence-corrected chi connectivity index (χ1v) is 3.98. The van der Waals surface area contributed by atoms with E-state index in [9.17, 15) is 4.79 Å². The molecule has 0 aliphatic rings. The molecule has 1 aromatic heterocycles. The Morgan fingerprint density at radius 3 is 2.91 bits per heavy atom. The summed E-state index contributed by atoms with van der Waals surface area (Å²) in [4.78, 5) is 11.4. The Balaban J connectivity index is 2.57. The number of hydrogen-bond donors (Lipinski definition) is 1. The minimum Gasteiger partial charge on any atom is -0.267 e. The van der Waals surface area contributed by atoms with E-state index < -0.39 is 0 Å². The van der Waals surface area contributed by atoms with Crippen LogP contribution >= 0.6 is 35.1 Å². The van der Waals surface area contributed by atoms with Crippen molar-refractivity contribution < 1.29 is 4.79 Å². The molecule has 0 spiro atoms. The fourth-order valence-corrected chi connectivity index (χ4v) is 1.10. The predicted octanol–water partition coefficient (Wildman–Crippen LogP) is 1.40. The van der Waals surface area contributed by atoms with Gasteiger partial charge in [-0.2, -0.15) is 0 Å². The van der Waals surface area contributed by atoms with Crippen LogP contribution in [0.5, 0.6) is 0 Å². The van der Waals surface area contributed by atoms with Crippen LogP contribution in [0, 0.1) is 0 Å². The number of carbonyl (C=O) groups is 1. The molecule has 1 aromatic rings. The second-order valence-electron chi connectivity index (χ2n) is 1.55. The molecular weight excluding hydrogens is 209 g/mol. The van der Waals surface area contributed by atoms with E-state index >= 15 is 0 Å². The Hall–Kier alpha value is -0.360. The first-order valence-electron chi connectivity index (χ1n) is 2.53. The second kappa shape index (κ2) is 3.87. The van der Waals surface area contributed by atoms with Crippen molar-refractivity contribution in [3.63, 3.8) is 0 Å². The minimum atomic E-state index is -0.377. The van der Waals surface area contributed by atoms with Gasteiger partial charge in [-0.25, -0.2) is 4.37 Å². The van der Waals surface area contributed by atoms with Crippen molar-refractivity contribution >= 4 is 41.0 Å². The topological polar surface area (TPSA) is 45.2 Å². The molecule has 1 rings (SSSR count). The molecule has 1 heterocycles. The summed E-state index contributed by atoms with van der Waals surface area (Å²) < 4.78 is 4.27. The third-order valence-corrected chi connectivity index (χ3v) is 1.76. The van der Waals surface area contributed by atoms with Gasteiger partial charge in [0.1, 0.15) is 4.88 Å². The molecule has 60 valence electrons. The lowest BCUT2D eigenvalue weighted by Crippen LogP contribution is -2.28. The lowest BCUT2D eigenvalue weighted by molar-refractivity contribution is 0.0922. The molecule has 1 amide bonds. The number of nitrogens with one attached hydrogen (secondary N) is 1. The maximum Gasteiger partial charge on any atom is 0.279 e. The highest BCUT2D eigenvalue weighted by Crippen LogP contribution is 2.05. The van der Waals surface area contributed by atoms with Gasteiger partial charge in [-0.05, 0) is 21.6 Å². The molecule has 4 nitrogen and oxygen atoms in total. The van der Waals surface area contributed by atoms with Crippen molar-refractivity contribution in [3.8, 4) is 0 Å². The molecule has 0 aromatic carbocycles. The molecule has 0 aliphatic carbocycles. The van der Waals surface area contributed by atoms with Crippen LogP contribution in [-0.2, 0) is 0 Å². The third kappa shape index (κ3) is 2.63. The average molecular weight is 212 g/mol. The molecule has 0 saturated heterocycles. The molecule has 0 radical (unpaired) electrons. The maximum atomic E-state index is 11.0. The summed E-state index contributed by atoms with van der Waals surface area (Å²) in [6.07, 6.45) is 1.52. The van der Waals surface area contributed by atoms with E-state index in [0.717, 1.165) is 11.5 Å². The molecular formula is C4H3Cl2N3OS. The molecule has 0 bridgehead atoms. The number of hydrogen-bond acceptors (Lipinski definition) is 4. The van der Waals surface area contributed by atoms with Gasteiger partial charge in [0.15, 0.2) is 0 Å². The summed E-state index contributed by atoms with van der Waals surface area (Å²) in [5, 5.41) is 0. The van der Waals surface area contributed by atoms with Gasteiger partial charge >= 0.3 is 0 Å². The standard InChI is InChI=1S/C4H3Cl2N3OS/c5-9(6)8-4(10)3-1-2-7-11-3/h1-2H,(H,8,10). The highest BCUT2D eigenvalue weighted by atomic mass is 35.5. The monoisotopic (exact) mass is 211 g/mol. The number of amides is 1. The van der Waals surface area contributed by atoms with E-state index in [4.69, 9.17) is 23.6 Å². The van der Waals surface area contributed by atoms with E-state index in [1.807, 2.05) is 0 Å². The lowest BCUT2D eigenvalue weighted by Gasteiger charge is -2.02. The zero-order valence-electron chi connectivity index (χ0n) is 5.12. The normalized spacial score (nSPS) is 10.1. The number of rotatable bonds is 2. The highest BCUT2D eigenvalue weighted by Gasteiger charge is 2.08. The molecule has 0 atom stereocenters. The summed E-state index contributed by atoms with van der Waals surface area (Å²) in [5.74, 6) is -0.377. The molecule has 0 unspecified atom stereocenters. The van der Waals surface area contributed by atoms with Crippen LogP contribution in [0.2, 0.25) is 0 Å². The highest BCUT2D eigenvalue weighted by molar-refractivity contribution is 7.08. The Morgan fingerprint density at radius 1 is 1.73 bits per heavy atom. The third-order valence-electron chi connectivity index (χ3n) is 0.848. The van der Waals surface area contributed by atoms with E-state index in [-0.39, 0.29) is 5.91 Å². The number of halogens is 2. The average Bonchev–Trinajstić information content (AvgIpc) is 2.35. The predicted molar refractivity (Wildman–Crippen MR) is 43.1 cm³/mol. The van der Waals surface area contributed by atoms with E-state index in [0.29, 0.717) is 8.92 Å². The van der Waals surface area contributed by atoms with Crippen molar-refractivity contribution in [1.29, 1.82) is 0 Å². The fraction of sp³-hybridized carbons (Fsp3) is 0. The van der Waals surface area contributed by atoms with Crippen LogP contribution in [0.1, 0.15) is 9.67 Å². The van der Waals surface area contributed by atoms with Gasteiger partial charge in [0.2, 0.25) is 0 Å². The Kier molecular flexibility index (Phi) is 3.07. The van der Waals surface area contributed by atoms with Crippen LogP contribution in [-0.4, -0.2) is 14.3 Å². The van der Waals surface area contributed by atoms with Gasteiger partial charge in [0.05, 0.1) is 0 Å². The Labute approximate surface area is 77.1 Å². The lowest BCUT2D eigenvalue weighted by atomic mass is 10.5. The molecule has 0 saturated carbocycles. The first kappa shape index (κ1) is 8.73. The van der Waals surface area contributed by atoms with E-state index in [1.54, 1.807) is 6.07 Å². The summed E-state index contributed by atoms with van der Waals surface area (Å²) in [7, 11) is 0. The smallest absolute Gasteiger partial charge is 0.267 e. The van der Waals surface area contributed by atoms with Crippen molar-refractivity contribution in [2.75, 3.05) is 0 Å². The first-order chi connectivity index (χ1) is 5.20.